The zero-order chi connectivity index (χ0) is 13.8. The van der Waals surface area contributed by atoms with Gasteiger partial charge in [-0.2, -0.15) is 4.57 Å². The molecule has 0 aromatic carbocycles. The number of phosphoric acid groups is 1. The molecule has 3 aromatic rings. The standard InChI is InChI=1S/C6H6N9O4P/c16-20(17-13-4-7-1-10-13,18-14-5-8-2-11-14)19-15-6-9-3-12-15/h1-6H. The van der Waals surface area contributed by atoms with E-state index in [2.05, 4.69) is 30.2 Å². The van der Waals surface area contributed by atoms with Gasteiger partial charge in [0.2, 0.25) is 0 Å². The van der Waals surface area contributed by atoms with Crippen LogP contribution < -0.4 is 13.9 Å². The van der Waals surface area contributed by atoms with Crippen LogP contribution in [0.1, 0.15) is 0 Å². The maximum absolute atomic E-state index is 12.5. The summed E-state index contributed by atoms with van der Waals surface area (Å²) in [5, 5.41) is 10.9. The van der Waals surface area contributed by atoms with E-state index in [9.17, 15) is 4.57 Å². The fraction of sp³-hybridized carbons (Fsp3) is 0. The van der Waals surface area contributed by atoms with E-state index >= 15 is 0 Å². The zero-order valence-corrected chi connectivity index (χ0v) is 10.5. The molecule has 0 N–H and O–H groups in total. The predicted octanol–water partition coefficient (Wildman–Crippen LogP) is -1.74. The summed E-state index contributed by atoms with van der Waals surface area (Å²) in [7, 11) is -4.20. The van der Waals surface area contributed by atoms with Crippen molar-refractivity contribution < 1.29 is 18.4 Å². The lowest BCUT2D eigenvalue weighted by atomic mass is 11.3. The first-order chi connectivity index (χ1) is 9.73. The summed E-state index contributed by atoms with van der Waals surface area (Å²) in [6.07, 6.45) is 6.99. The summed E-state index contributed by atoms with van der Waals surface area (Å²) >= 11 is 0. The van der Waals surface area contributed by atoms with Crippen molar-refractivity contribution in [2.75, 3.05) is 0 Å². The molecule has 0 bridgehead atoms. The monoisotopic (exact) mass is 299 g/mol. The van der Waals surface area contributed by atoms with Gasteiger partial charge in [-0.15, -0.1) is 15.3 Å². The van der Waals surface area contributed by atoms with E-state index in [0.717, 1.165) is 33.5 Å². The summed E-state index contributed by atoms with van der Waals surface area (Å²) < 4.78 is 27.4. The highest BCUT2D eigenvalue weighted by atomic mass is 31.2. The van der Waals surface area contributed by atoms with Crippen LogP contribution in [0.5, 0.6) is 0 Å². The first-order valence-corrected chi connectivity index (χ1v) is 6.44. The molecule has 0 atom stereocenters. The Hall–Kier alpha value is -2.95. The van der Waals surface area contributed by atoms with Gasteiger partial charge in [0.1, 0.15) is 19.0 Å². The van der Waals surface area contributed by atoms with Crippen molar-refractivity contribution in [1.82, 2.24) is 44.8 Å². The minimum absolute atomic E-state index is 0.800. The van der Waals surface area contributed by atoms with Gasteiger partial charge >= 0.3 is 7.82 Å². The Balaban J connectivity index is 1.83. The van der Waals surface area contributed by atoms with Crippen molar-refractivity contribution in [2.24, 2.45) is 0 Å². The molecule has 0 radical (unpaired) electrons. The molecule has 0 spiro atoms. The number of aromatic nitrogens is 9. The van der Waals surface area contributed by atoms with Crippen LogP contribution in [-0.2, 0) is 4.57 Å². The minimum Gasteiger partial charge on any atom is -0.271 e. The van der Waals surface area contributed by atoms with Gasteiger partial charge < -0.3 is 0 Å². The second-order valence-corrected chi connectivity index (χ2v) is 4.47. The molecule has 3 heterocycles. The third-order valence-electron chi connectivity index (χ3n) is 1.74. The number of nitrogens with zero attached hydrogens (tertiary/aromatic N) is 9. The number of hydrogen-bond donors (Lipinski definition) is 0. The van der Waals surface area contributed by atoms with Crippen LogP contribution in [0, 0.1) is 0 Å². The maximum Gasteiger partial charge on any atom is 0.710 e. The van der Waals surface area contributed by atoms with Gasteiger partial charge in [-0.1, -0.05) is 14.5 Å². The third kappa shape index (κ3) is 2.72. The largest absolute Gasteiger partial charge is 0.710 e. The molecule has 0 unspecified atom stereocenters. The van der Waals surface area contributed by atoms with Crippen molar-refractivity contribution in [2.45, 2.75) is 0 Å². The topological polar surface area (TPSA) is 137 Å². The second-order valence-electron chi connectivity index (χ2n) is 3.09. The fourth-order valence-corrected chi connectivity index (χ4v) is 2.03. The molecule has 0 aliphatic heterocycles. The molecule has 3 aromatic heterocycles. The molecular formula is C6H6N9O4P. The van der Waals surface area contributed by atoms with Gasteiger partial charge in [-0.3, -0.25) is 13.9 Å². The Labute approximate surface area is 110 Å². The fourth-order valence-electron chi connectivity index (χ4n) is 1.07. The van der Waals surface area contributed by atoms with E-state index in [1.54, 1.807) is 0 Å². The van der Waals surface area contributed by atoms with Gasteiger partial charge in [0, 0.05) is 0 Å². The molecule has 13 nitrogen and oxygen atoms in total. The van der Waals surface area contributed by atoms with E-state index in [1.165, 1.54) is 19.0 Å². The second kappa shape index (κ2) is 4.97. The summed E-state index contributed by atoms with van der Waals surface area (Å²) in [4.78, 5) is 13.3. The molecule has 104 valence electrons. The molecular weight excluding hydrogens is 293 g/mol. The van der Waals surface area contributed by atoms with E-state index < -0.39 is 7.82 Å². The lowest BCUT2D eigenvalue weighted by Gasteiger charge is -2.15. The highest BCUT2D eigenvalue weighted by Crippen LogP contribution is 2.37. The van der Waals surface area contributed by atoms with Crippen LogP contribution in [-0.4, -0.2) is 44.8 Å². The molecule has 20 heavy (non-hydrogen) atoms. The Bertz CT molecular complexity index is 585. The van der Waals surface area contributed by atoms with Crippen LogP contribution >= 0.6 is 7.82 Å². The quantitative estimate of drug-likeness (QED) is 0.482. The van der Waals surface area contributed by atoms with Gasteiger partial charge in [0.05, 0.1) is 0 Å². The van der Waals surface area contributed by atoms with Crippen LogP contribution in [0.25, 0.3) is 0 Å². The van der Waals surface area contributed by atoms with E-state index in [-0.39, 0.29) is 0 Å². The first-order valence-electron chi connectivity index (χ1n) is 4.98. The van der Waals surface area contributed by atoms with Gasteiger partial charge in [0.15, 0.2) is 19.0 Å². The molecule has 0 saturated carbocycles. The summed E-state index contributed by atoms with van der Waals surface area (Å²) in [5.74, 6) is 0. The first kappa shape index (κ1) is 12.1. The van der Waals surface area contributed by atoms with Crippen molar-refractivity contribution in [3.05, 3.63) is 38.0 Å². The van der Waals surface area contributed by atoms with Crippen molar-refractivity contribution >= 4 is 7.82 Å². The van der Waals surface area contributed by atoms with Gasteiger partial charge in [-0.05, 0) is 0 Å². The van der Waals surface area contributed by atoms with Crippen LogP contribution in [0.3, 0.4) is 0 Å². The smallest absolute Gasteiger partial charge is 0.271 e. The SMILES string of the molecule is O=P(On1cncn1)(On1cncn1)On1cncn1. The minimum atomic E-state index is -4.20. The average molecular weight is 299 g/mol. The Morgan fingerprint density at radius 2 is 1.05 bits per heavy atom. The third-order valence-corrected chi connectivity index (χ3v) is 2.85. The molecule has 14 heteroatoms. The highest BCUT2D eigenvalue weighted by Gasteiger charge is 2.37. The van der Waals surface area contributed by atoms with Crippen molar-refractivity contribution in [1.29, 1.82) is 0 Å². The Morgan fingerprint density at radius 1 is 0.700 bits per heavy atom. The average Bonchev–Trinajstić information content (AvgIpc) is 3.11. The van der Waals surface area contributed by atoms with Crippen LogP contribution in [0.4, 0.5) is 0 Å². The predicted molar refractivity (Wildman–Crippen MR) is 57.4 cm³/mol. The van der Waals surface area contributed by atoms with Crippen LogP contribution in [0.2, 0.25) is 0 Å². The lowest BCUT2D eigenvalue weighted by Crippen LogP contribution is -2.26. The van der Waals surface area contributed by atoms with E-state index in [1.807, 2.05) is 0 Å². The van der Waals surface area contributed by atoms with E-state index in [4.69, 9.17) is 13.9 Å². The number of hydrogen-bond acceptors (Lipinski definition) is 10. The Morgan fingerprint density at radius 3 is 1.30 bits per heavy atom. The molecule has 0 aliphatic carbocycles. The molecule has 0 amide bonds. The normalized spacial score (nSPS) is 11.2. The summed E-state index contributed by atoms with van der Waals surface area (Å²) in [6.45, 7) is 0. The van der Waals surface area contributed by atoms with Crippen molar-refractivity contribution in [3.63, 3.8) is 0 Å². The van der Waals surface area contributed by atoms with Crippen LogP contribution in [0.15, 0.2) is 38.0 Å². The Kier molecular flexibility index (Phi) is 3.01. The molecule has 0 fully saturated rings. The summed E-state index contributed by atoms with van der Waals surface area (Å²) in [5.41, 5.74) is 0. The zero-order valence-electron chi connectivity index (χ0n) is 9.57. The number of rotatable bonds is 6. The van der Waals surface area contributed by atoms with Gasteiger partial charge in [0.25, 0.3) is 0 Å². The molecule has 0 aliphatic rings. The highest BCUT2D eigenvalue weighted by molar-refractivity contribution is 7.49. The summed E-state index contributed by atoms with van der Waals surface area (Å²) in [6, 6.07) is 0. The van der Waals surface area contributed by atoms with Gasteiger partial charge in [-0.25, -0.2) is 15.0 Å². The van der Waals surface area contributed by atoms with E-state index in [0.29, 0.717) is 0 Å². The maximum atomic E-state index is 12.5. The lowest BCUT2D eigenvalue weighted by molar-refractivity contribution is 0.0601. The van der Waals surface area contributed by atoms with Crippen molar-refractivity contribution in [3.8, 4) is 0 Å². The molecule has 3 rings (SSSR count). The molecule has 0 saturated heterocycles.